The molecule has 1 saturated heterocycles. The van der Waals surface area contributed by atoms with Crippen molar-refractivity contribution in [3.05, 3.63) is 29.8 Å². The lowest BCUT2D eigenvalue weighted by Gasteiger charge is -2.19. The number of alkyl halides is 3. The fourth-order valence-electron chi connectivity index (χ4n) is 1.96. The molecule has 0 bridgehead atoms. The van der Waals surface area contributed by atoms with Gasteiger partial charge in [-0.05, 0) is 18.6 Å². The van der Waals surface area contributed by atoms with E-state index >= 15 is 0 Å². The molecule has 2 N–H and O–H groups in total. The van der Waals surface area contributed by atoms with Crippen molar-refractivity contribution in [2.24, 2.45) is 0 Å². The van der Waals surface area contributed by atoms with Crippen molar-refractivity contribution in [3.63, 3.8) is 0 Å². The molecule has 7 heteroatoms. The zero-order valence-electron chi connectivity index (χ0n) is 9.94. The molecule has 1 fully saturated rings. The number of nitrogens with zero attached hydrogens (tertiary/aromatic N) is 1. The molecule has 0 saturated carbocycles. The minimum Gasteiger partial charge on any atom is -0.391 e. The molecule has 0 spiro atoms. The summed E-state index contributed by atoms with van der Waals surface area (Å²) in [6.07, 6.45) is -4.69. The minimum absolute atomic E-state index is 0.139. The first kappa shape index (κ1) is 13.7. The molecule has 2 amide bonds. The van der Waals surface area contributed by atoms with Crippen LogP contribution in [0.25, 0.3) is 0 Å². The van der Waals surface area contributed by atoms with E-state index in [9.17, 15) is 23.1 Å². The maximum absolute atomic E-state index is 12.7. The van der Waals surface area contributed by atoms with Gasteiger partial charge in [0, 0.05) is 13.1 Å². The van der Waals surface area contributed by atoms with Gasteiger partial charge in [0.15, 0.2) is 0 Å². The van der Waals surface area contributed by atoms with E-state index in [4.69, 9.17) is 0 Å². The van der Waals surface area contributed by atoms with E-state index in [1.807, 2.05) is 0 Å². The molecule has 2 rings (SSSR count). The summed E-state index contributed by atoms with van der Waals surface area (Å²) in [5.74, 6) is 0. The SMILES string of the molecule is O=C(Nc1ccccc1C(F)(F)F)N1CCC(O)C1. The first-order valence-corrected chi connectivity index (χ1v) is 5.78. The molecule has 1 unspecified atom stereocenters. The Balaban J connectivity index is 2.13. The second-order valence-corrected chi connectivity index (χ2v) is 4.36. The van der Waals surface area contributed by atoms with Crippen LogP contribution >= 0.6 is 0 Å². The summed E-state index contributed by atoms with van der Waals surface area (Å²) in [6, 6.07) is 4.16. The maximum atomic E-state index is 12.7. The van der Waals surface area contributed by atoms with Crippen molar-refractivity contribution < 1.29 is 23.1 Å². The Morgan fingerprint density at radius 3 is 2.63 bits per heavy atom. The number of β-amino-alcohol motifs (C(OH)–C–C–N with tert-alkyl or cyclic N) is 1. The van der Waals surface area contributed by atoms with Gasteiger partial charge >= 0.3 is 12.2 Å². The van der Waals surface area contributed by atoms with Crippen LogP contribution < -0.4 is 5.32 Å². The lowest BCUT2D eigenvalue weighted by atomic mass is 10.1. The normalized spacial score (nSPS) is 19.6. The molecule has 1 aromatic carbocycles. The van der Waals surface area contributed by atoms with E-state index < -0.39 is 23.9 Å². The molecular weight excluding hydrogens is 261 g/mol. The van der Waals surface area contributed by atoms with Crippen LogP contribution in [-0.4, -0.2) is 35.2 Å². The largest absolute Gasteiger partial charge is 0.418 e. The number of aliphatic hydroxyl groups is 1. The molecule has 1 aliphatic rings. The summed E-state index contributed by atoms with van der Waals surface area (Å²) < 4.78 is 38.2. The molecule has 0 aliphatic carbocycles. The van der Waals surface area contributed by atoms with Gasteiger partial charge in [-0.2, -0.15) is 13.2 Å². The average Bonchev–Trinajstić information content (AvgIpc) is 2.75. The Labute approximate surface area is 107 Å². The standard InChI is InChI=1S/C12H13F3N2O2/c13-12(14,15)9-3-1-2-4-10(9)16-11(19)17-6-5-8(18)7-17/h1-4,8,18H,5-7H2,(H,16,19). The van der Waals surface area contributed by atoms with Gasteiger partial charge in [0.1, 0.15) is 0 Å². The molecule has 1 heterocycles. The number of hydrogen-bond acceptors (Lipinski definition) is 2. The van der Waals surface area contributed by atoms with Crippen LogP contribution in [0, 0.1) is 0 Å². The Kier molecular flexibility index (Phi) is 3.66. The number of urea groups is 1. The number of amides is 2. The molecule has 19 heavy (non-hydrogen) atoms. The lowest BCUT2D eigenvalue weighted by molar-refractivity contribution is -0.136. The number of likely N-dealkylation sites (tertiary alicyclic amines) is 1. The fraction of sp³-hybridized carbons (Fsp3) is 0.417. The zero-order valence-corrected chi connectivity index (χ0v) is 9.94. The van der Waals surface area contributed by atoms with Gasteiger partial charge in [0.2, 0.25) is 0 Å². The molecule has 0 radical (unpaired) electrons. The number of aliphatic hydroxyl groups excluding tert-OH is 1. The van der Waals surface area contributed by atoms with E-state index in [0.29, 0.717) is 13.0 Å². The van der Waals surface area contributed by atoms with Crippen molar-refractivity contribution in [2.45, 2.75) is 18.7 Å². The van der Waals surface area contributed by atoms with E-state index in [0.717, 1.165) is 6.07 Å². The second kappa shape index (κ2) is 5.08. The van der Waals surface area contributed by atoms with E-state index in [1.54, 1.807) is 0 Å². The van der Waals surface area contributed by atoms with Gasteiger partial charge in [-0.15, -0.1) is 0 Å². The van der Waals surface area contributed by atoms with Crippen molar-refractivity contribution in [2.75, 3.05) is 18.4 Å². The minimum atomic E-state index is -4.52. The predicted molar refractivity (Wildman–Crippen MR) is 62.7 cm³/mol. The number of halogens is 3. The third kappa shape index (κ3) is 3.17. The zero-order chi connectivity index (χ0) is 14.0. The number of para-hydroxylation sites is 1. The van der Waals surface area contributed by atoms with Gasteiger partial charge in [0.05, 0.1) is 17.4 Å². The summed E-state index contributed by atoms with van der Waals surface area (Å²) in [5.41, 5.74) is -1.16. The Morgan fingerprint density at radius 1 is 1.37 bits per heavy atom. The van der Waals surface area contributed by atoms with Crippen LogP contribution in [0.3, 0.4) is 0 Å². The summed E-state index contributed by atoms with van der Waals surface area (Å²) in [5, 5.41) is 11.5. The van der Waals surface area contributed by atoms with Crippen molar-refractivity contribution >= 4 is 11.7 Å². The number of nitrogens with one attached hydrogen (secondary N) is 1. The van der Waals surface area contributed by atoms with Crippen molar-refractivity contribution in [3.8, 4) is 0 Å². The van der Waals surface area contributed by atoms with Gasteiger partial charge in [-0.1, -0.05) is 12.1 Å². The topological polar surface area (TPSA) is 52.6 Å². The third-order valence-electron chi connectivity index (χ3n) is 2.92. The summed E-state index contributed by atoms with van der Waals surface area (Å²) in [7, 11) is 0. The highest BCUT2D eigenvalue weighted by molar-refractivity contribution is 5.90. The summed E-state index contributed by atoms with van der Waals surface area (Å²) in [6.45, 7) is 0.473. The van der Waals surface area contributed by atoms with Crippen LogP contribution in [-0.2, 0) is 6.18 Å². The number of hydrogen-bond donors (Lipinski definition) is 2. The number of carbonyl (C=O) groups excluding carboxylic acids is 1. The van der Waals surface area contributed by atoms with Crippen LogP contribution in [0.4, 0.5) is 23.7 Å². The molecule has 1 atom stereocenters. The molecule has 1 aliphatic heterocycles. The predicted octanol–water partition coefficient (Wildman–Crippen LogP) is 2.30. The van der Waals surface area contributed by atoms with Gasteiger partial charge < -0.3 is 15.3 Å². The van der Waals surface area contributed by atoms with E-state index in [-0.39, 0.29) is 12.2 Å². The second-order valence-electron chi connectivity index (χ2n) is 4.36. The first-order chi connectivity index (χ1) is 8.88. The van der Waals surface area contributed by atoms with Crippen molar-refractivity contribution in [1.29, 1.82) is 0 Å². The highest BCUT2D eigenvalue weighted by Gasteiger charge is 2.34. The summed E-state index contributed by atoms with van der Waals surface area (Å²) >= 11 is 0. The maximum Gasteiger partial charge on any atom is 0.418 e. The summed E-state index contributed by atoms with van der Waals surface area (Å²) in [4.78, 5) is 13.1. The Bertz CT molecular complexity index is 476. The average molecular weight is 274 g/mol. The van der Waals surface area contributed by atoms with Crippen LogP contribution in [0.5, 0.6) is 0 Å². The smallest absolute Gasteiger partial charge is 0.391 e. The molecule has 1 aromatic rings. The third-order valence-corrected chi connectivity index (χ3v) is 2.92. The van der Waals surface area contributed by atoms with Gasteiger partial charge in [-0.3, -0.25) is 0 Å². The van der Waals surface area contributed by atoms with Crippen LogP contribution in [0.2, 0.25) is 0 Å². The number of rotatable bonds is 1. The fourth-order valence-corrected chi connectivity index (χ4v) is 1.96. The monoisotopic (exact) mass is 274 g/mol. The molecule has 0 aromatic heterocycles. The van der Waals surface area contributed by atoms with E-state index in [1.165, 1.54) is 23.1 Å². The highest BCUT2D eigenvalue weighted by Crippen LogP contribution is 2.34. The van der Waals surface area contributed by atoms with Crippen LogP contribution in [0.1, 0.15) is 12.0 Å². The first-order valence-electron chi connectivity index (χ1n) is 5.78. The quantitative estimate of drug-likeness (QED) is 0.825. The van der Waals surface area contributed by atoms with Crippen molar-refractivity contribution in [1.82, 2.24) is 4.90 Å². The molecule has 4 nitrogen and oxygen atoms in total. The Hall–Kier alpha value is -1.76. The molecular formula is C12H13F3N2O2. The van der Waals surface area contributed by atoms with Gasteiger partial charge in [-0.25, -0.2) is 4.79 Å². The van der Waals surface area contributed by atoms with E-state index in [2.05, 4.69) is 5.32 Å². The highest BCUT2D eigenvalue weighted by atomic mass is 19.4. The number of benzene rings is 1. The number of anilines is 1. The lowest BCUT2D eigenvalue weighted by Crippen LogP contribution is -2.34. The van der Waals surface area contributed by atoms with Crippen LogP contribution in [0.15, 0.2) is 24.3 Å². The molecule has 104 valence electrons. The Morgan fingerprint density at radius 2 is 2.05 bits per heavy atom. The number of carbonyl (C=O) groups is 1. The van der Waals surface area contributed by atoms with Gasteiger partial charge in [0.25, 0.3) is 0 Å².